The Morgan fingerprint density at radius 3 is 2.61 bits per heavy atom. The number of thioether (sulfide) groups is 2. The van der Waals surface area contributed by atoms with Crippen LogP contribution in [0.4, 0.5) is 0 Å². The van der Waals surface area contributed by atoms with Crippen LogP contribution < -0.4 is 5.73 Å². The first-order valence-corrected chi connectivity index (χ1v) is 11.1. The van der Waals surface area contributed by atoms with Gasteiger partial charge in [-0.25, -0.2) is 0 Å². The number of hydrogen-bond donors (Lipinski definition) is 1. The lowest BCUT2D eigenvalue weighted by Gasteiger charge is -2.48. The zero-order valence-corrected chi connectivity index (χ0v) is 17.2. The third-order valence-electron chi connectivity index (χ3n) is 5.75. The Balaban J connectivity index is 1.95. The third kappa shape index (κ3) is 3.10. The number of rotatable bonds is 1. The van der Waals surface area contributed by atoms with Crippen molar-refractivity contribution < 1.29 is 4.79 Å². The van der Waals surface area contributed by atoms with Gasteiger partial charge in [0.1, 0.15) is 0 Å². The van der Waals surface area contributed by atoms with E-state index in [1.165, 1.54) is 11.8 Å². The van der Waals surface area contributed by atoms with Crippen molar-refractivity contribution in [1.82, 2.24) is 0 Å². The molecule has 3 rings (SSSR count). The van der Waals surface area contributed by atoms with Gasteiger partial charge in [-0.1, -0.05) is 43.1 Å². The number of carbonyl (C=O) groups excluding carboxylic acids is 1. The molecule has 1 aliphatic carbocycles. The van der Waals surface area contributed by atoms with Gasteiger partial charge in [0.25, 0.3) is 0 Å². The lowest BCUT2D eigenvalue weighted by atomic mass is 9.64. The van der Waals surface area contributed by atoms with E-state index in [1.54, 1.807) is 11.8 Å². The predicted molar refractivity (Wildman–Crippen MR) is 112 cm³/mol. The molecule has 5 atom stereocenters. The summed E-state index contributed by atoms with van der Waals surface area (Å²) in [7, 11) is 0. The molecule has 0 radical (unpaired) electrons. The summed E-state index contributed by atoms with van der Waals surface area (Å²) in [6.45, 7) is 2.07. The highest BCUT2D eigenvalue weighted by molar-refractivity contribution is 8.33. The maximum atomic E-state index is 12.3. The molecule has 1 saturated carbocycles. The van der Waals surface area contributed by atoms with Gasteiger partial charge in [0.15, 0.2) is 5.12 Å². The van der Waals surface area contributed by atoms with E-state index >= 15 is 0 Å². The monoisotopic (exact) mass is 403 g/mol. The summed E-state index contributed by atoms with van der Waals surface area (Å²) < 4.78 is 1.93. The molecule has 2 saturated heterocycles. The SMILES string of the molecule is CC(N)C12CCCC3C(=S)SC(=O)C3CCC1C(=S)SCC2=S. The summed E-state index contributed by atoms with van der Waals surface area (Å²) in [5, 5.41) is 0.255. The van der Waals surface area contributed by atoms with Crippen molar-refractivity contribution in [3.8, 4) is 0 Å². The first kappa shape index (κ1) is 18.4. The second-order valence-electron chi connectivity index (χ2n) is 6.84. The standard InChI is InChI=1S/C16H21NOS5/c1-8(17)16-6-2-3-10-9(13(18)23-14(10)20)4-5-11(16)15(21)22-7-12(16)19/h8-11H,2-7,17H2,1H3. The van der Waals surface area contributed by atoms with Gasteiger partial charge in [0.2, 0.25) is 0 Å². The van der Waals surface area contributed by atoms with Gasteiger partial charge in [-0.2, -0.15) is 0 Å². The summed E-state index contributed by atoms with van der Waals surface area (Å²) in [5.41, 5.74) is 6.28. The number of thiocarbonyl (C=S) groups is 3. The Morgan fingerprint density at radius 2 is 1.91 bits per heavy atom. The van der Waals surface area contributed by atoms with E-state index in [2.05, 4.69) is 6.92 Å². The summed E-state index contributed by atoms with van der Waals surface area (Å²) in [6, 6.07) is -0.00572. The Hall–Kier alpha value is 0.600. The minimum atomic E-state index is -0.173. The fraction of sp³-hybridized carbons (Fsp3) is 0.750. The van der Waals surface area contributed by atoms with Crippen LogP contribution in [0.25, 0.3) is 0 Å². The first-order valence-electron chi connectivity index (χ1n) is 8.09. The van der Waals surface area contributed by atoms with Gasteiger partial charge >= 0.3 is 0 Å². The van der Waals surface area contributed by atoms with Crippen molar-refractivity contribution in [2.24, 2.45) is 28.9 Å². The highest BCUT2D eigenvalue weighted by atomic mass is 32.2. The van der Waals surface area contributed by atoms with Gasteiger partial charge in [-0.15, -0.1) is 11.8 Å². The molecule has 0 aromatic heterocycles. The van der Waals surface area contributed by atoms with Gasteiger partial charge in [-0.05, 0) is 44.4 Å². The topological polar surface area (TPSA) is 43.1 Å². The highest BCUT2D eigenvalue weighted by Crippen LogP contribution is 2.51. The number of fused-ring (bicyclic) bond motifs is 2. The normalized spacial score (nSPS) is 40.0. The van der Waals surface area contributed by atoms with Gasteiger partial charge in [0, 0.05) is 39.8 Å². The molecular formula is C16H21NOS5. The Bertz CT molecular complexity index is 575. The maximum absolute atomic E-state index is 12.3. The largest absolute Gasteiger partial charge is 0.327 e. The van der Waals surface area contributed by atoms with E-state index in [4.69, 9.17) is 42.4 Å². The van der Waals surface area contributed by atoms with Crippen LogP contribution in [-0.2, 0) is 4.79 Å². The molecule has 5 unspecified atom stereocenters. The zero-order chi connectivity index (χ0) is 16.8. The summed E-state index contributed by atoms with van der Waals surface area (Å²) in [6.07, 6.45) is 4.73. The minimum absolute atomic E-state index is 0.00572. The molecule has 3 aliphatic rings. The van der Waals surface area contributed by atoms with Crippen molar-refractivity contribution in [2.45, 2.75) is 45.1 Å². The first-order chi connectivity index (χ1) is 10.9. The van der Waals surface area contributed by atoms with Crippen LogP contribution in [0.5, 0.6) is 0 Å². The van der Waals surface area contributed by atoms with E-state index in [1.807, 2.05) is 0 Å². The van der Waals surface area contributed by atoms with Crippen LogP contribution in [-0.4, -0.2) is 30.2 Å². The Kier molecular flexibility index (Phi) is 5.66. The van der Waals surface area contributed by atoms with Crippen LogP contribution in [0.1, 0.15) is 39.0 Å². The summed E-state index contributed by atoms with van der Waals surface area (Å²) >= 11 is 19.9. The fourth-order valence-corrected chi connectivity index (χ4v) is 8.22. The molecule has 3 fully saturated rings. The van der Waals surface area contributed by atoms with E-state index in [-0.39, 0.29) is 34.3 Å². The second-order valence-corrected chi connectivity index (χ2v) is 10.8. The zero-order valence-electron chi connectivity index (χ0n) is 13.1. The predicted octanol–water partition coefficient (Wildman–Crippen LogP) is 4.18. The molecule has 0 amide bonds. The molecule has 0 bridgehead atoms. The maximum Gasteiger partial charge on any atom is 0.197 e. The highest BCUT2D eigenvalue weighted by Gasteiger charge is 2.51. The van der Waals surface area contributed by atoms with E-state index in [9.17, 15) is 4.79 Å². The van der Waals surface area contributed by atoms with Crippen molar-refractivity contribution in [1.29, 1.82) is 0 Å². The molecule has 7 heteroatoms. The molecule has 2 nitrogen and oxygen atoms in total. The lowest BCUT2D eigenvalue weighted by molar-refractivity contribution is -0.114. The van der Waals surface area contributed by atoms with Crippen molar-refractivity contribution in [2.75, 3.05) is 5.75 Å². The molecule has 0 aromatic carbocycles. The molecule has 0 aromatic rings. The van der Waals surface area contributed by atoms with Crippen LogP contribution in [0.2, 0.25) is 0 Å². The van der Waals surface area contributed by atoms with Crippen LogP contribution >= 0.6 is 60.2 Å². The molecule has 126 valence electrons. The van der Waals surface area contributed by atoms with Crippen molar-refractivity contribution >= 4 is 78.6 Å². The molecule has 23 heavy (non-hydrogen) atoms. The molecule has 2 aliphatic heterocycles. The molecule has 2 heterocycles. The quantitative estimate of drug-likeness (QED) is 0.659. The summed E-state index contributed by atoms with van der Waals surface area (Å²) in [5.74, 6) is 1.35. The minimum Gasteiger partial charge on any atom is -0.327 e. The Morgan fingerprint density at radius 1 is 1.17 bits per heavy atom. The van der Waals surface area contributed by atoms with Crippen molar-refractivity contribution in [3.63, 3.8) is 0 Å². The van der Waals surface area contributed by atoms with Gasteiger partial charge < -0.3 is 5.73 Å². The van der Waals surface area contributed by atoms with Crippen LogP contribution in [0.3, 0.4) is 0 Å². The van der Waals surface area contributed by atoms with Crippen molar-refractivity contribution in [3.05, 3.63) is 0 Å². The number of carbonyl (C=O) groups is 1. The van der Waals surface area contributed by atoms with Gasteiger partial charge in [0.05, 0.1) is 8.39 Å². The van der Waals surface area contributed by atoms with E-state index in [0.29, 0.717) is 0 Å². The second kappa shape index (κ2) is 7.08. The third-order valence-corrected chi connectivity index (χ3v) is 9.66. The van der Waals surface area contributed by atoms with E-state index in [0.717, 1.165) is 51.1 Å². The number of nitrogens with two attached hydrogens (primary N) is 1. The average Bonchev–Trinajstić information content (AvgIpc) is 2.80. The summed E-state index contributed by atoms with van der Waals surface area (Å²) in [4.78, 5) is 13.4. The van der Waals surface area contributed by atoms with Crippen LogP contribution in [0, 0.1) is 23.2 Å². The Labute approximate surface area is 162 Å². The smallest absolute Gasteiger partial charge is 0.197 e. The van der Waals surface area contributed by atoms with E-state index < -0.39 is 0 Å². The molecular weight excluding hydrogens is 383 g/mol. The number of hydrogen-bond acceptors (Lipinski definition) is 7. The van der Waals surface area contributed by atoms with Gasteiger partial charge in [-0.3, -0.25) is 4.79 Å². The molecule has 2 N–H and O–H groups in total. The lowest BCUT2D eigenvalue weighted by Crippen LogP contribution is -2.55. The fourth-order valence-electron chi connectivity index (χ4n) is 4.44. The average molecular weight is 404 g/mol. The van der Waals surface area contributed by atoms with Crippen LogP contribution in [0.15, 0.2) is 0 Å². The molecule has 0 spiro atoms.